The minimum atomic E-state index is -2.94. The summed E-state index contributed by atoms with van der Waals surface area (Å²) in [4.78, 5) is 11.4. The van der Waals surface area contributed by atoms with Crippen molar-refractivity contribution in [2.45, 2.75) is 26.2 Å². The fourth-order valence-electron chi connectivity index (χ4n) is 1.24. The summed E-state index contributed by atoms with van der Waals surface area (Å²) in [6.45, 7) is 2.26. The smallest absolute Gasteiger partial charge is 0.147 e. The highest BCUT2D eigenvalue weighted by Crippen LogP contribution is 2.07. The number of rotatable bonds is 7. The highest BCUT2D eigenvalue weighted by Gasteiger charge is 2.14. The van der Waals surface area contributed by atoms with E-state index < -0.39 is 9.84 Å². The first-order chi connectivity index (χ1) is 6.40. The number of nitrogens with two attached hydrogens (primary N) is 1. The monoisotopic (exact) mass is 221 g/mol. The molecule has 0 aliphatic heterocycles. The molecule has 0 aliphatic rings. The molecule has 1 unspecified atom stereocenters. The zero-order valence-electron chi connectivity index (χ0n) is 8.82. The van der Waals surface area contributed by atoms with Gasteiger partial charge in [0.1, 0.15) is 15.6 Å². The van der Waals surface area contributed by atoms with Gasteiger partial charge in [0, 0.05) is 25.1 Å². The predicted molar refractivity (Wildman–Crippen MR) is 56.8 cm³/mol. The Hall–Kier alpha value is -0.420. The van der Waals surface area contributed by atoms with E-state index in [2.05, 4.69) is 0 Å². The van der Waals surface area contributed by atoms with Gasteiger partial charge in [-0.05, 0) is 12.8 Å². The van der Waals surface area contributed by atoms with E-state index in [-0.39, 0.29) is 17.5 Å². The minimum absolute atomic E-state index is 0.0821. The molecule has 14 heavy (non-hydrogen) atoms. The van der Waals surface area contributed by atoms with Crippen molar-refractivity contribution >= 4 is 15.6 Å². The Labute approximate surface area is 85.8 Å². The first-order valence-corrected chi connectivity index (χ1v) is 6.87. The van der Waals surface area contributed by atoms with Crippen molar-refractivity contribution in [1.82, 2.24) is 0 Å². The molecule has 0 bridgehead atoms. The summed E-state index contributed by atoms with van der Waals surface area (Å²) in [7, 11) is -2.94. The third-order valence-corrected chi connectivity index (χ3v) is 3.20. The van der Waals surface area contributed by atoms with E-state index in [1.165, 1.54) is 6.26 Å². The molecule has 0 fully saturated rings. The van der Waals surface area contributed by atoms with Crippen molar-refractivity contribution < 1.29 is 13.2 Å². The Morgan fingerprint density at radius 3 is 2.36 bits per heavy atom. The second-order valence-corrected chi connectivity index (χ2v) is 5.80. The van der Waals surface area contributed by atoms with Crippen LogP contribution in [0.3, 0.4) is 0 Å². The van der Waals surface area contributed by atoms with Crippen molar-refractivity contribution in [3.63, 3.8) is 0 Å². The van der Waals surface area contributed by atoms with Crippen LogP contribution in [0, 0.1) is 5.92 Å². The minimum Gasteiger partial charge on any atom is -0.330 e. The van der Waals surface area contributed by atoms with Crippen LogP contribution < -0.4 is 5.73 Å². The number of hydrogen-bond donors (Lipinski definition) is 1. The summed E-state index contributed by atoms with van der Waals surface area (Å²) in [6, 6.07) is 0. The Bertz CT molecular complexity index is 268. The lowest BCUT2D eigenvalue weighted by Gasteiger charge is -2.09. The second-order valence-electron chi connectivity index (χ2n) is 3.54. The van der Waals surface area contributed by atoms with Gasteiger partial charge in [0.25, 0.3) is 0 Å². The molecule has 0 saturated heterocycles. The average molecular weight is 221 g/mol. The molecular weight excluding hydrogens is 202 g/mol. The van der Waals surface area contributed by atoms with E-state index in [1.807, 2.05) is 6.92 Å². The van der Waals surface area contributed by atoms with Gasteiger partial charge in [0.15, 0.2) is 0 Å². The van der Waals surface area contributed by atoms with E-state index in [9.17, 15) is 13.2 Å². The van der Waals surface area contributed by atoms with E-state index in [4.69, 9.17) is 5.73 Å². The van der Waals surface area contributed by atoms with E-state index in [0.29, 0.717) is 19.4 Å². The fraction of sp³-hybridized carbons (Fsp3) is 0.889. The highest BCUT2D eigenvalue weighted by atomic mass is 32.2. The third-order valence-electron chi connectivity index (χ3n) is 2.17. The van der Waals surface area contributed by atoms with Crippen molar-refractivity contribution in [2.24, 2.45) is 11.7 Å². The largest absolute Gasteiger partial charge is 0.330 e. The first kappa shape index (κ1) is 13.6. The molecule has 0 spiro atoms. The molecule has 0 rings (SSSR count). The van der Waals surface area contributed by atoms with Crippen LogP contribution in [0.15, 0.2) is 0 Å². The zero-order chi connectivity index (χ0) is 11.2. The SMILES string of the molecule is CCC(CN)C(=O)CCCS(C)(=O)=O. The summed E-state index contributed by atoms with van der Waals surface area (Å²) >= 11 is 0. The second kappa shape index (κ2) is 6.14. The van der Waals surface area contributed by atoms with Gasteiger partial charge in [-0.2, -0.15) is 0 Å². The quantitative estimate of drug-likeness (QED) is 0.673. The summed E-state index contributed by atoms with van der Waals surface area (Å²) in [6.07, 6.45) is 2.64. The van der Waals surface area contributed by atoms with Crippen LogP contribution in [0.25, 0.3) is 0 Å². The summed E-state index contributed by atoms with van der Waals surface area (Å²) in [5.74, 6) is 0.0629. The Balaban J connectivity index is 3.85. The molecule has 0 aliphatic carbocycles. The molecular formula is C9H19NO3S. The van der Waals surface area contributed by atoms with Crippen molar-refractivity contribution in [3.05, 3.63) is 0 Å². The lowest BCUT2D eigenvalue weighted by atomic mass is 9.98. The standard InChI is InChI=1S/C9H19NO3S/c1-3-8(7-10)9(11)5-4-6-14(2,12)13/h8H,3-7,10H2,1-2H3. The first-order valence-electron chi connectivity index (χ1n) is 4.81. The zero-order valence-corrected chi connectivity index (χ0v) is 9.64. The Morgan fingerprint density at radius 2 is 2.00 bits per heavy atom. The topological polar surface area (TPSA) is 77.2 Å². The summed E-state index contributed by atoms with van der Waals surface area (Å²) < 4.78 is 21.6. The van der Waals surface area contributed by atoms with E-state index in [1.54, 1.807) is 0 Å². The Kier molecular flexibility index (Phi) is 5.95. The molecule has 2 N–H and O–H groups in total. The van der Waals surface area contributed by atoms with Crippen LogP contribution in [0.4, 0.5) is 0 Å². The molecule has 0 saturated carbocycles. The van der Waals surface area contributed by atoms with Gasteiger partial charge in [-0.3, -0.25) is 4.79 Å². The molecule has 0 aromatic rings. The summed E-state index contributed by atoms with van der Waals surface area (Å²) in [5, 5.41) is 0. The van der Waals surface area contributed by atoms with Gasteiger partial charge >= 0.3 is 0 Å². The average Bonchev–Trinajstić information content (AvgIpc) is 2.04. The van der Waals surface area contributed by atoms with Gasteiger partial charge in [0.05, 0.1) is 5.75 Å². The number of carbonyl (C=O) groups is 1. The summed E-state index contributed by atoms with van der Waals surface area (Å²) in [5.41, 5.74) is 5.40. The fourth-order valence-corrected chi connectivity index (χ4v) is 1.91. The molecule has 4 nitrogen and oxygen atoms in total. The van der Waals surface area contributed by atoms with Gasteiger partial charge in [-0.25, -0.2) is 8.42 Å². The van der Waals surface area contributed by atoms with Crippen LogP contribution >= 0.6 is 0 Å². The van der Waals surface area contributed by atoms with Crippen molar-refractivity contribution in [2.75, 3.05) is 18.6 Å². The van der Waals surface area contributed by atoms with Crippen LogP contribution in [0.1, 0.15) is 26.2 Å². The van der Waals surface area contributed by atoms with Crippen molar-refractivity contribution in [1.29, 1.82) is 0 Å². The maximum Gasteiger partial charge on any atom is 0.147 e. The molecule has 0 amide bonds. The molecule has 0 heterocycles. The van der Waals surface area contributed by atoms with Gasteiger partial charge in [0.2, 0.25) is 0 Å². The van der Waals surface area contributed by atoms with Crippen LogP contribution in [0.2, 0.25) is 0 Å². The van der Waals surface area contributed by atoms with Crippen LogP contribution in [-0.4, -0.2) is 32.8 Å². The van der Waals surface area contributed by atoms with Gasteiger partial charge in [-0.1, -0.05) is 6.92 Å². The molecule has 84 valence electrons. The van der Waals surface area contributed by atoms with Crippen LogP contribution in [0.5, 0.6) is 0 Å². The van der Waals surface area contributed by atoms with E-state index in [0.717, 1.165) is 6.42 Å². The number of sulfone groups is 1. The molecule has 0 aromatic heterocycles. The highest BCUT2D eigenvalue weighted by molar-refractivity contribution is 7.90. The van der Waals surface area contributed by atoms with Gasteiger partial charge in [-0.15, -0.1) is 0 Å². The van der Waals surface area contributed by atoms with Gasteiger partial charge < -0.3 is 5.73 Å². The molecule has 0 radical (unpaired) electrons. The maximum atomic E-state index is 11.4. The Morgan fingerprint density at radius 1 is 1.43 bits per heavy atom. The molecule has 5 heteroatoms. The normalized spacial score (nSPS) is 13.9. The lowest BCUT2D eigenvalue weighted by Crippen LogP contribution is -2.23. The number of Topliss-reactive ketones (excluding diaryl/α,β-unsaturated/α-hetero) is 1. The number of carbonyl (C=O) groups excluding carboxylic acids is 1. The number of ketones is 1. The molecule has 0 aromatic carbocycles. The van der Waals surface area contributed by atoms with Crippen molar-refractivity contribution in [3.8, 4) is 0 Å². The number of hydrogen-bond acceptors (Lipinski definition) is 4. The van der Waals surface area contributed by atoms with E-state index >= 15 is 0 Å². The third kappa shape index (κ3) is 6.10. The van der Waals surface area contributed by atoms with Crippen LogP contribution in [-0.2, 0) is 14.6 Å². The predicted octanol–water partition coefficient (Wildman–Crippen LogP) is 0.365. The molecule has 1 atom stereocenters. The maximum absolute atomic E-state index is 11.4. The lowest BCUT2D eigenvalue weighted by molar-refractivity contribution is -0.122.